The third-order valence-electron chi connectivity index (χ3n) is 7.99. The maximum atomic E-state index is 14.2. The number of anilines is 2. The number of hydrogen-bond acceptors (Lipinski definition) is 6. The van der Waals surface area contributed by atoms with Gasteiger partial charge in [-0.25, -0.2) is 0 Å². The van der Waals surface area contributed by atoms with Gasteiger partial charge >= 0.3 is 0 Å². The molecule has 0 radical (unpaired) electrons. The van der Waals surface area contributed by atoms with E-state index < -0.39 is 22.6 Å². The number of nitrogens with zero attached hydrogens (tertiary/aromatic N) is 4. The first-order valence-corrected chi connectivity index (χ1v) is 13.6. The van der Waals surface area contributed by atoms with Crippen LogP contribution in [0.25, 0.3) is 0 Å². The number of benzene rings is 1. The Morgan fingerprint density at radius 3 is 2.42 bits per heavy atom. The summed E-state index contributed by atoms with van der Waals surface area (Å²) in [5.74, 6) is -1.63. The summed E-state index contributed by atoms with van der Waals surface area (Å²) in [6.07, 6.45) is 7.97. The van der Waals surface area contributed by atoms with Crippen LogP contribution in [0, 0.1) is 11.8 Å². The summed E-state index contributed by atoms with van der Waals surface area (Å²) in [5.41, 5.74) is 1.86. The first kappa shape index (κ1) is 24.9. The van der Waals surface area contributed by atoms with E-state index in [4.69, 9.17) is 0 Å². The summed E-state index contributed by atoms with van der Waals surface area (Å²) in [5, 5.41) is 9.63. The molecule has 1 unspecified atom stereocenters. The second kappa shape index (κ2) is 9.59. The molecule has 5 atom stereocenters. The Bertz CT molecular complexity index is 1100. The summed E-state index contributed by atoms with van der Waals surface area (Å²) in [7, 11) is 1.75. The van der Waals surface area contributed by atoms with E-state index in [0.717, 1.165) is 24.5 Å². The number of amides is 3. The second-order valence-corrected chi connectivity index (χ2v) is 11.3. The zero-order valence-electron chi connectivity index (χ0n) is 21.0. The van der Waals surface area contributed by atoms with Crippen molar-refractivity contribution < 1.29 is 19.5 Å². The minimum Gasteiger partial charge on any atom is -0.395 e. The monoisotopic (exact) mass is 510 g/mol. The number of β-amino-alcohol motifs (C(OH)–C–C–N with tert-alkyl or cyclic N) is 1. The first-order valence-electron chi connectivity index (χ1n) is 12.7. The highest BCUT2D eigenvalue weighted by atomic mass is 32.2. The lowest BCUT2D eigenvalue weighted by molar-refractivity contribution is -0.142. The van der Waals surface area contributed by atoms with E-state index in [9.17, 15) is 19.5 Å². The van der Waals surface area contributed by atoms with Crippen LogP contribution in [0.3, 0.4) is 0 Å². The van der Waals surface area contributed by atoms with Crippen molar-refractivity contribution in [3.63, 3.8) is 0 Å². The molecule has 9 heteroatoms. The average molecular weight is 511 g/mol. The minimum absolute atomic E-state index is 0.0634. The van der Waals surface area contributed by atoms with Crippen molar-refractivity contribution in [2.45, 2.75) is 29.9 Å². The quantitative estimate of drug-likeness (QED) is 0.587. The van der Waals surface area contributed by atoms with E-state index in [1.54, 1.807) is 28.6 Å². The van der Waals surface area contributed by atoms with Crippen LogP contribution in [-0.4, -0.2) is 95.0 Å². The van der Waals surface area contributed by atoms with Gasteiger partial charge in [-0.3, -0.25) is 14.4 Å². The van der Waals surface area contributed by atoms with Crippen LogP contribution >= 0.6 is 11.8 Å². The number of fused-ring (bicyclic) bond motifs is 2. The molecule has 1 spiro atoms. The number of rotatable bonds is 6. The predicted molar refractivity (Wildman–Crippen MR) is 142 cm³/mol. The lowest BCUT2D eigenvalue weighted by Crippen LogP contribution is -2.53. The van der Waals surface area contributed by atoms with Crippen molar-refractivity contribution in [3.8, 4) is 0 Å². The molecule has 1 N–H and O–H groups in total. The van der Waals surface area contributed by atoms with E-state index in [0.29, 0.717) is 13.1 Å². The van der Waals surface area contributed by atoms with Crippen molar-refractivity contribution in [2.24, 2.45) is 11.8 Å². The fraction of sp³-hybridized carbons (Fsp3) is 0.519. The van der Waals surface area contributed by atoms with Gasteiger partial charge in [0.25, 0.3) is 5.91 Å². The molecule has 0 bridgehead atoms. The minimum atomic E-state index is -0.854. The summed E-state index contributed by atoms with van der Waals surface area (Å²) in [4.78, 5) is 48.6. The molecular weight excluding hydrogens is 476 g/mol. The number of carbonyl (C=O) groups excluding carboxylic acids is 3. The van der Waals surface area contributed by atoms with Crippen LogP contribution in [0.4, 0.5) is 11.4 Å². The summed E-state index contributed by atoms with van der Waals surface area (Å²) < 4.78 is -0.854. The molecule has 4 heterocycles. The maximum absolute atomic E-state index is 14.2. The van der Waals surface area contributed by atoms with Gasteiger partial charge in [0.2, 0.25) is 11.8 Å². The molecule has 2 fully saturated rings. The number of likely N-dealkylation sites (tertiary alicyclic amines) is 1. The highest BCUT2D eigenvalue weighted by Gasteiger charge is 2.70. The van der Waals surface area contributed by atoms with E-state index in [1.165, 1.54) is 4.90 Å². The summed E-state index contributed by atoms with van der Waals surface area (Å²) in [6.45, 7) is 6.73. The Morgan fingerprint density at radius 1 is 1.03 bits per heavy atom. The van der Waals surface area contributed by atoms with Gasteiger partial charge in [-0.1, -0.05) is 24.3 Å². The van der Waals surface area contributed by atoms with Crippen molar-refractivity contribution >= 4 is 40.9 Å². The Morgan fingerprint density at radius 2 is 1.75 bits per heavy atom. The molecule has 36 heavy (non-hydrogen) atoms. The number of carbonyl (C=O) groups is 3. The van der Waals surface area contributed by atoms with Crippen LogP contribution in [0.1, 0.15) is 13.8 Å². The Kier molecular flexibility index (Phi) is 6.63. The van der Waals surface area contributed by atoms with Gasteiger partial charge in [0.1, 0.15) is 6.04 Å². The largest absolute Gasteiger partial charge is 0.395 e. The summed E-state index contributed by atoms with van der Waals surface area (Å²) in [6, 6.07) is 7.17. The van der Waals surface area contributed by atoms with Crippen LogP contribution in [-0.2, 0) is 14.4 Å². The van der Waals surface area contributed by atoms with E-state index in [1.807, 2.05) is 48.6 Å². The van der Waals surface area contributed by atoms with E-state index in [2.05, 4.69) is 18.7 Å². The van der Waals surface area contributed by atoms with Crippen molar-refractivity contribution in [1.29, 1.82) is 0 Å². The molecule has 192 valence electrons. The second-order valence-electron chi connectivity index (χ2n) is 9.78. The predicted octanol–water partition coefficient (Wildman–Crippen LogP) is 1.75. The van der Waals surface area contributed by atoms with Crippen LogP contribution in [0.15, 0.2) is 48.6 Å². The van der Waals surface area contributed by atoms with Gasteiger partial charge in [0.15, 0.2) is 0 Å². The van der Waals surface area contributed by atoms with Gasteiger partial charge in [-0.05, 0) is 38.1 Å². The third-order valence-corrected chi connectivity index (χ3v) is 9.74. The SMILES string of the molecule is CCN(CC)c1ccc(N2CC=C[C@]34S[C@@H]5C=CCN(C)C(=O)[C@@H]5[C@H]3C(=O)N(CCO)C4C2=O)cc1. The van der Waals surface area contributed by atoms with Crippen molar-refractivity contribution in [3.05, 3.63) is 48.6 Å². The number of aliphatic hydroxyl groups is 1. The molecule has 4 aliphatic heterocycles. The average Bonchev–Trinajstić information content (AvgIpc) is 3.19. The normalized spacial score (nSPS) is 31.3. The molecule has 8 nitrogen and oxygen atoms in total. The zero-order valence-corrected chi connectivity index (χ0v) is 21.9. The van der Waals surface area contributed by atoms with Crippen molar-refractivity contribution in [1.82, 2.24) is 9.80 Å². The smallest absolute Gasteiger partial charge is 0.251 e. The van der Waals surface area contributed by atoms with Crippen molar-refractivity contribution in [2.75, 3.05) is 56.2 Å². The Hall–Kier alpha value is -2.78. The van der Waals surface area contributed by atoms with Gasteiger partial charge in [-0.2, -0.15) is 0 Å². The molecule has 5 rings (SSSR count). The molecule has 3 amide bonds. The fourth-order valence-electron chi connectivity index (χ4n) is 6.27. The molecule has 0 aromatic heterocycles. The van der Waals surface area contributed by atoms with Crippen LogP contribution < -0.4 is 9.80 Å². The van der Waals surface area contributed by atoms with Crippen LogP contribution in [0.2, 0.25) is 0 Å². The molecule has 2 saturated heterocycles. The highest BCUT2D eigenvalue weighted by molar-refractivity contribution is 8.02. The Balaban J connectivity index is 1.54. The number of likely N-dealkylation sites (N-methyl/N-ethyl adjacent to an activating group) is 1. The highest BCUT2D eigenvalue weighted by Crippen LogP contribution is 2.61. The lowest BCUT2D eigenvalue weighted by Gasteiger charge is -2.35. The topological polar surface area (TPSA) is 84.4 Å². The number of thioether (sulfide) groups is 1. The van der Waals surface area contributed by atoms with E-state index >= 15 is 0 Å². The Labute approximate surface area is 216 Å². The molecular formula is C27H34N4O4S. The third kappa shape index (κ3) is 3.66. The molecule has 1 aromatic rings. The van der Waals surface area contributed by atoms with Gasteiger partial charge in [-0.15, -0.1) is 11.8 Å². The first-order chi connectivity index (χ1) is 17.4. The van der Waals surface area contributed by atoms with Gasteiger partial charge < -0.3 is 24.7 Å². The van der Waals surface area contributed by atoms with Gasteiger partial charge in [0, 0.05) is 56.4 Å². The number of aliphatic hydroxyl groups excluding tert-OH is 1. The maximum Gasteiger partial charge on any atom is 0.251 e. The standard InChI is InChI=1S/C27H34N4O4S/c1-4-29(5-2)18-9-11-19(12-10-18)30-15-7-13-27-22(25(34)31(16-17-32)23(27)26(30)35)21-20(36-27)8-6-14-28(3)24(21)33/h6-13,20-23,32H,4-5,14-17H2,1-3H3/t20-,21+,22+,23?,27+/m1/s1. The molecule has 0 saturated carbocycles. The van der Waals surface area contributed by atoms with Gasteiger partial charge in [0.05, 0.1) is 23.2 Å². The van der Waals surface area contributed by atoms with E-state index in [-0.39, 0.29) is 36.1 Å². The lowest BCUT2D eigenvalue weighted by atomic mass is 9.78. The van der Waals surface area contributed by atoms with Crippen LogP contribution in [0.5, 0.6) is 0 Å². The molecule has 4 aliphatic rings. The molecule has 1 aromatic carbocycles. The number of hydrogen-bond donors (Lipinski definition) is 1. The zero-order chi connectivity index (χ0) is 25.6. The molecule has 0 aliphatic carbocycles. The summed E-state index contributed by atoms with van der Waals surface area (Å²) >= 11 is 1.56. The fourth-order valence-corrected chi connectivity index (χ4v) is 8.28.